The van der Waals surface area contributed by atoms with Gasteiger partial charge in [-0.3, -0.25) is 0 Å². The minimum absolute atomic E-state index is 0.312. The zero-order valence-electron chi connectivity index (χ0n) is 84.3. The summed E-state index contributed by atoms with van der Waals surface area (Å²) < 4.78 is 27.7. The quantitative estimate of drug-likeness (QED) is 0.0452. The van der Waals surface area contributed by atoms with E-state index in [9.17, 15) is 0 Å². The average molecular weight is 2280 g/mol. The van der Waals surface area contributed by atoms with Crippen LogP contribution in [0.25, 0.3) is 0 Å². The van der Waals surface area contributed by atoms with Gasteiger partial charge in [-0.25, -0.2) is 0 Å². The molecule has 0 aliphatic heterocycles. The molecule has 0 aromatic heterocycles. The molecule has 0 spiro atoms. The summed E-state index contributed by atoms with van der Waals surface area (Å²) in [5, 5.41) is 0. The molecule has 0 heterocycles. The molecular weight excluding hydrogens is 2070 g/mol. The Labute approximate surface area is 786 Å². The van der Waals surface area contributed by atoms with E-state index in [-0.39, 0.29) is 0 Å². The first kappa shape index (κ1) is 145. The fourth-order valence-corrected chi connectivity index (χ4v) is 81.5. The number of hydrogen-bond acceptors (Lipinski definition) is 4. The van der Waals surface area contributed by atoms with E-state index in [0.29, 0.717) is 228 Å². The van der Waals surface area contributed by atoms with E-state index in [4.69, 9.17) is 16.5 Å². The molecule has 0 amide bonds. The zero-order valence-corrected chi connectivity index (χ0v) is 121. The molecule has 0 aliphatic carbocycles. The van der Waals surface area contributed by atoms with Crippen molar-refractivity contribution in [3.05, 3.63) is 0 Å². The van der Waals surface area contributed by atoms with Crippen molar-refractivity contribution in [3.63, 3.8) is 0 Å². The Morgan fingerprint density at radius 3 is 0.303 bits per heavy atom. The van der Waals surface area contributed by atoms with Gasteiger partial charge in [-0.1, -0.05) is 222 Å². The second kappa shape index (κ2) is 88.7. The molecule has 0 fully saturated rings. The van der Waals surface area contributed by atoms with Crippen molar-refractivity contribution in [1.29, 1.82) is 0 Å². The Bertz CT molecular complexity index is 1490. The van der Waals surface area contributed by atoms with Gasteiger partial charge in [0.25, 0.3) is 0 Å². The fraction of sp³-hybridized carbons (Fsp3) is 1.00. The zero-order chi connectivity index (χ0) is 89.7. The van der Waals surface area contributed by atoms with Crippen LogP contribution in [0.2, 0.25) is 168 Å². The van der Waals surface area contributed by atoms with Gasteiger partial charge in [0.15, 0.2) is 0 Å². The Morgan fingerprint density at radius 2 is 0.257 bits per heavy atom. The summed E-state index contributed by atoms with van der Waals surface area (Å²) in [5.74, 6) is 0. The summed E-state index contributed by atoms with van der Waals surface area (Å²) in [7, 11) is 9.43. The molecule has 8 atom stereocenters. The predicted octanol–water partition coefficient (Wildman–Crippen LogP) is 34.1. The van der Waals surface area contributed by atoms with Crippen molar-refractivity contribution < 1.29 is 16.5 Å². The van der Waals surface area contributed by atoms with Crippen molar-refractivity contribution in [1.82, 2.24) is 0 Å². The van der Waals surface area contributed by atoms with E-state index < -0.39 is 63.9 Å². The molecule has 0 aromatic carbocycles. The van der Waals surface area contributed by atoms with Crippen LogP contribution in [0, 0.1) is 0 Å². The molecule has 8 unspecified atom stereocenters. The van der Waals surface area contributed by atoms with Gasteiger partial charge in [0.2, 0.25) is 63.9 Å². The van der Waals surface area contributed by atoms with Gasteiger partial charge in [-0.2, -0.15) is 0 Å². The molecule has 0 bridgehead atoms. The van der Waals surface area contributed by atoms with E-state index in [2.05, 4.69) is 401 Å². The van der Waals surface area contributed by atoms with Crippen LogP contribution in [0.5, 0.6) is 0 Å². The van der Waals surface area contributed by atoms with Crippen molar-refractivity contribution in [2.24, 2.45) is 0 Å². The standard InChI is InChI=1S/C13H34OP2Si2.3C12H32OP2Si2.16C2H5.8Ga/c1-10(2)17(15,11(3)4)14-18(16-9,12(5)6)13(7)8;3*1-9(2)16(14,10(3)4)13-17(15,11(5)6)12(7)8;16*1-2;;;;;;;;/h10-13,16H,15H2,1-9H3;3*9-12H,14-15H2,1-8H3;16*1H2,2H3;;;;;;;;. The molecule has 4 nitrogen and oxygen atoms in total. The molecule has 0 aliphatic rings. The summed E-state index contributed by atoms with van der Waals surface area (Å²) in [6.45, 7) is 113. The van der Waals surface area contributed by atoms with Gasteiger partial charge in [-0.05, 0) is 95.3 Å². The van der Waals surface area contributed by atoms with Gasteiger partial charge in [-0.15, -0.1) is 69.6 Å². The molecule has 8 radical (unpaired) electrons. The molecule has 0 N–H and O–H groups in total. The topological polar surface area (TPSA) is 36.9 Å². The van der Waals surface area contributed by atoms with Crippen LogP contribution in [-0.4, -0.2) is 210 Å². The summed E-state index contributed by atoms with van der Waals surface area (Å²) in [6, 6.07) is 0. The Kier molecular flexibility index (Phi) is 118. The van der Waals surface area contributed by atoms with Gasteiger partial charge < -0.3 is 16.5 Å². The summed E-state index contributed by atoms with van der Waals surface area (Å²) in [6.07, 6.45) is 0. The summed E-state index contributed by atoms with van der Waals surface area (Å²) in [5.41, 5.74) is 10.6. The van der Waals surface area contributed by atoms with Crippen molar-refractivity contribution in [2.75, 3.05) is 6.66 Å². The third-order valence-corrected chi connectivity index (χ3v) is 123. The first-order valence-corrected chi connectivity index (χ1v) is 104. The van der Waals surface area contributed by atoms with Crippen LogP contribution in [0.4, 0.5) is 0 Å². The molecular formula is C81H210Ga8O4P8Si8. The number of hydrogen-bond donors (Lipinski definition) is 0. The first-order valence-electron chi connectivity index (χ1n) is 45.3. The Hall–Kier alpha value is 10.1. The normalized spacial score (nSPS) is 12.0. The van der Waals surface area contributed by atoms with Gasteiger partial charge in [0, 0.05) is 0 Å². The van der Waals surface area contributed by atoms with Gasteiger partial charge in [0.1, 0.15) is 0 Å². The van der Waals surface area contributed by atoms with Crippen molar-refractivity contribution >= 4 is 273 Å². The number of rotatable bonds is 41. The van der Waals surface area contributed by atoms with Crippen LogP contribution in [0.3, 0.4) is 0 Å². The summed E-state index contributed by atoms with van der Waals surface area (Å²) in [4.78, 5) is 24.0. The second-order valence-corrected chi connectivity index (χ2v) is 130. The molecule has 0 saturated heterocycles. The van der Waals surface area contributed by atoms with E-state index in [0.717, 1.165) is 8.13 Å². The van der Waals surface area contributed by atoms with Gasteiger partial charge in [0.05, 0.1) is 0 Å². The third-order valence-electron chi connectivity index (χ3n) is 20.8. The van der Waals surface area contributed by atoms with E-state index in [1.807, 2.05) is 0 Å². The summed E-state index contributed by atoms with van der Waals surface area (Å²) >= 11 is 2.50. The molecule has 0 saturated carbocycles. The Balaban J connectivity index is -0.0000000986. The van der Waals surface area contributed by atoms with Crippen molar-refractivity contribution in [3.8, 4) is 0 Å². The van der Waals surface area contributed by atoms with E-state index in [1.54, 1.807) is 0 Å². The van der Waals surface area contributed by atoms with Crippen molar-refractivity contribution in [2.45, 2.75) is 501 Å². The second-order valence-electron chi connectivity index (χ2n) is 34.7. The van der Waals surface area contributed by atoms with E-state index >= 15 is 0 Å². The monoisotopic (exact) mass is 2270 g/mol. The molecule has 28 heteroatoms. The molecule has 654 valence electrons. The van der Waals surface area contributed by atoms with Crippen LogP contribution in [-0.2, 0) is 16.5 Å². The van der Waals surface area contributed by atoms with E-state index in [1.165, 1.54) is 79.6 Å². The predicted molar refractivity (Wildman–Crippen MR) is 588 cm³/mol. The maximum atomic E-state index is 7.07. The first-order chi connectivity index (χ1) is 49.8. The average Bonchev–Trinajstić information content (AvgIpc) is 0.810. The third kappa shape index (κ3) is 71.6. The van der Waals surface area contributed by atoms with Crippen LogP contribution in [0.15, 0.2) is 0 Å². The molecule has 0 aromatic rings. The molecule has 109 heavy (non-hydrogen) atoms. The fourth-order valence-electron chi connectivity index (χ4n) is 11.4. The van der Waals surface area contributed by atoms with Gasteiger partial charge >= 0.3 is 330 Å². The maximum absolute atomic E-state index is 7.07. The van der Waals surface area contributed by atoms with Crippen LogP contribution in [0.1, 0.15) is 332 Å². The van der Waals surface area contributed by atoms with Crippen LogP contribution >= 0.6 is 69.6 Å². The SMILES string of the molecule is CC(C)[Si](P)(O[Si](P)(C(C)C)C(C)C)C(C)C.CC(C)[Si](P)(O[Si](P)(C(C)C)C(C)C)C(C)C.CC(C)[Si](P)(O[Si](P)(C(C)C)C(C)C)C(C)C.CP[Si](O[Si](P)(C(C)C)C(C)C)(C(C)C)C(C)C.C[CH2][Ga][CH2]C.C[CH2][Ga][CH2]C.C[CH2][Ga][CH2]C.C[CH2][Ga][CH2]C.C[CH2][Ga][CH2]C.C[CH2][Ga][CH2]C.C[CH2][Ga][CH2]C.C[CH2][Ga][CH2]C. The Morgan fingerprint density at radius 1 is 0.174 bits per heavy atom. The molecule has 0 rings (SSSR count). The minimum atomic E-state index is -1.71. The van der Waals surface area contributed by atoms with Crippen LogP contribution < -0.4 is 0 Å².